The van der Waals surface area contributed by atoms with Gasteiger partial charge in [-0.25, -0.2) is 0 Å². The summed E-state index contributed by atoms with van der Waals surface area (Å²) in [6, 6.07) is 18.8. The zero-order valence-corrected chi connectivity index (χ0v) is 16.6. The van der Waals surface area contributed by atoms with E-state index in [1.807, 2.05) is 0 Å². The molecule has 0 unspecified atom stereocenters. The van der Waals surface area contributed by atoms with E-state index in [9.17, 15) is 0 Å². The van der Waals surface area contributed by atoms with Crippen LogP contribution in [0.5, 0.6) is 0 Å². The minimum absolute atomic E-state index is 0. The second-order valence-corrected chi connectivity index (χ2v) is 14.5. The molecule has 0 aliphatic heterocycles. The third-order valence-corrected chi connectivity index (χ3v) is 14.0. The van der Waals surface area contributed by atoms with Gasteiger partial charge in [-0.3, -0.25) is 0 Å². The quantitative estimate of drug-likeness (QED) is 0.705. The van der Waals surface area contributed by atoms with Crippen LogP contribution in [0.1, 0.15) is 43.2 Å². The van der Waals surface area contributed by atoms with Crippen LogP contribution in [0.25, 0.3) is 0 Å². The van der Waals surface area contributed by atoms with Crippen molar-refractivity contribution in [3.8, 4) is 0 Å². The van der Waals surface area contributed by atoms with E-state index in [0.29, 0.717) is 0 Å². The monoisotopic (exact) mass is 403 g/mol. The van der Waals surface area contributed by atoms with E-state index in [1.54, 1.807) is 7.16 Å². The van der Waals surface area contributed by atoms with Gasteiger partial charge >= 0.3 is 136 Å². The van der Waals surface area contributed by atoms with Crippen molar-refractivity contribution < 1.29 is 5.48 Å². The molecule has 2 aromatic carbocycles. The molecule has 2 heteroatoms. The molecule has 0 aromatic heterocycles. The second kappa shape index (κ2) is 8.16. The fraction of sp³-hybridized carbons (Fsp3) is 0.400. The van der Waals surface area contributed by atoms with Gasteiger partial charge in [-0.05, 0) is 0 Å². The van der Waals surface area contributed by atoms with Gasteiger partial charge in [0.15, 0.2) is 0 Å². The summed E-state index contributed by atoms with van der Waals surface area (Å²) in [7, 11) is 0. The summed E-state index contributed by atoms with van der Waals surface area (Å²) in [6.45, 7) is 4.47. The van der Waals surface area contributed by atoms with E-state index in [2.05, 4.69) is 62.4 Å². The molecule has 2 aromatic rings. The molecule has 117 valence electrons. The Morgan fingerprint density at radius 1 is 0.773 bits per heavy atom. The topological polar surface area (TPSA) is 31.5 Å². The van der Waals surface area contributed by atoms with Gasteiger partial charge < -0.3 is 5.48 Å². The van der Waals surface area contributed by atoms with Crippen LogP contribution in [0.3, 0.4) is 0 Å². The molecule has 1 nitrogen and oxygen atoms in total. The van der Waals surface area contributed by atoms with Crippen LogP contribution in [-0.4, -0.2) is 25.2 Å². The molecule has 1 radical (unpaired) electrons. The van der Waals surface area contributed by atoms with Gasteiger partial charge in [0.25, 0.3) is 0 Å². The smallest absolute Gasteiger partial charge is 0.412 e. The van der Waals surface area contributed by atoms with Gasteiger partial charge in [0.05, 0.1) is 0 Å². The zero-order valence-electron chi connectivity index (χ0n) is 13.7. The molecule has 0 heterocycles. The fourth-order valence-electron chi connectivity index (χ4n) is 3.65. The minimum Gasteiger partial charge on any atom is -0.412 e. The molecule has 0 atom stereocenters. The maximum atomic E-state index is 2.48. The van der Waals surface area contributed by atoms with Gasteiger partial charge in [0.1, 0.15) is 0 Å². The van der Waals surface area contributed by atoms with Crippen LogP contribution >= 0.6 is 0 Å². The van der Waals surface area contributed by atoms with E-state index < -0.39 is 19.8 Å². The van der Waals surface area contributed by atoms with Crippen molar-refractivity contribution >= 4 is 26.9 Å². The molecule has 0 saturated heterocycles. The van der Waals surface area contributed by atoms with Gasteiger partial charge in [-0.2, -0.15) is 0 Å². The molecule has 1 aliphatic carbocycles. The normalized spacial score (nSPS) is 15.6. The van der Waals surface area contributed by atoms with Crippen molar-refractivity contribution in [2.75, 3.05) is 0 Å². The molecule has 3 rings (SSSR count). The molecule has 22 heavy (non-hydrogen) atoms. The maximum absolute atomic E-state index is 2.48. The Hall–Kier alpha value is -0.801. The van der Waals surface area contributed by atoms with Crippen LogP contribution in [0.4, 0.5) is 0 Å². The predicted octanol–water partition coefficient (Wildman–Crippen LogP) is 3.42. The summed E-state index contributed by atoms with van der Waals surface area (Å²) in [6.07, 6.45) is 7.29. The van der Waals surface area contributed by atoms with Gasteiger partial charge in [-0.15, -0.1) is 0 Å². The third kappa shape index (κ3) is 4.14. The summed E-state index contributed by atoms with van der Waals surface area (Å²) in [5, 5.41) is 0. The van der Waals surface area contributed by atoms with Crippen molar-refractivity contribution in [2.24, 2.45) is 0 Å². The first-order valence-electron chi connectivity index (χ1n) is 8.25. The standard InChI is InChI=1S/2C7H7.C6H11.H2O.Sn/c2*1-7-5-3-2-4-6-7;1-2-4-6-5-3-1;;/h2*2-3,5-6H,1H3;1H,2-6H2;1H2;. The Bertz CT molecular complexity index is 557. The van der Waals surface area contributed by atoms with Crippen LogP contribution in [0, 0.1) is 13.8 Å². The van der Waals surface area contributed by atoms with Crippen LogP contribution in [0.2, 0.25) is 3.93 Å². The Labute approximate surface area is 141 Å². The Morgan fingerprint density at radius 3 is 1.73 bits per heavy atom. The number of rotatable bonds is 3. The minimum atomic E-state index is -1.78. The molecular formula is C20H27OSn. The summed E-state index contributed by atoms with van der Waals surface area (Å²) >= 11 is -1.78. The van der Waals surface area contributed by atoms with Crippen molar-refractivity contribution in [3.63, 3.8) is 0 Å². The van der Waals surface area contributed by atoms with E-state index in [1.165, 1.54) is 43.2 Å². The van der Waals surface area contributed by atoms with Crippen molar-refractivity contribution in [2.45, 2.75) is 49.9 Å². The van der Waals surface area contributed by atoms with Crippen molar-refractivity contribution in [1.82, 2.24) is 0 Å². The molecule has 1 fully saturated rings. The first-order chi connectivity index (χ1) is 10.2. The molecule has 0 bridgehead atoms. The second-order valence-electron chi connectivity index (χ2n) is 6.49. The van der Waals surface area contributed by atoms with Gasteiger partial charge in [0, 0.05) is 0 Å². The van der Waals surface area contributed by atoms with Crippen LogP contribution < -0.4 is 7.16 Å². The first-order valence-corrected chi connectivity index (χ1v) is 12.7. The van der Waals surface area contributed by atoms with Crippen molar-refractivity contribution in [3.05, 3.63) is 59.7 Å². The molecule has 2 N–H and O–H groups in total. The SMILES string of the molecule is Cc1ccc[c]([Sn]([c]2cccc(C)c2)[CH]2CCCCC2)c1.O. The zero-order chi connectivity index (χ0) is 14.7. The van der Waals surface area contributed by atoms with E-state index >= 15 is 0 Å². The Kier molecular flexibility index (Phi) is 6.51. The van der Waals surface area contributed by atoms with E-state index in [0.717, 1.165) is 3.93 Å². The number of benzene rings is 2. The van der Waals surface area contributed by atoms with Crippen molar-refractivity contribution in [1.29, 1.82) is 0 Å². The Balaban J connectivity index is 0.00000176. The summed E-state index contributed by atoms with van der Waals surface area (Å²) < 4.78 is 4.41. The van der Waals surface area contributed by atoms with E-state index in [4.69, 9.17) is 0 Å². The number of aryl methyl sites for hydroxylation is 2. The molecular weight excluding hydrogens is 375 g/mol. The summed E-state index contributed by atoms with van der Waals surface area (Å²) in [5.74, 6) is 0. The number of hydrogen-bond acceptors (Lipinski definition) is 0. The largest absolute Gasteiger partial charge is 0.412 e. The molecule has 0 amide bonds. The predicted molar refractivity (Wildman–Crippen MR) is 97.8 cm³/mol. The molecule has 1 saturated carbocycles. The summed E-state index contributed by atoms with van der Waals surface area (Å²) in [5.41, 5.74) is 2.85. The Morgan fingerprint density at radius 2 is 1.27 bits per heavy atom. The summed E-state index contributed by atoms with van der Waals surface area (Å²) in [4.78, 5) is 0. The molecule has 1 aliphatic rings. The fourth-order valence-corrected chi connectivity index (χ4v) is 13.9. The van der Waals surface area contributed by atoms with Crippen LogP contribution in [-0.2, 0) is 0 Å². The van der Waals surface area contributed by atoms with Gasteiger partial charge in [0.2, 0.25) is 0 Å². The molecule has 0 spiro atoms. The first kappa shape index (κ1) is 17.6. The van der Waals surface area contributed by atoms with Gasteiger partial charge in [-0.1, -0.05) is 0 Å². The van der Waals surface area contributed by atoms with Crippen LogP contribution in [0.15, 0.2) is 48.5 Å². The average molecular weight is 402 g/mol. The maximum Gasteiger partial charge on any atom is -0.412 e. The third-order valence-electron chi connectivity index (χ3n) is 4.67. The average Bonchev–Trinajstić information content (AvgIpc) is 2.49. The van der Waals surface area contributed by atoms with E-state index in [-0.39, 0.29) is 5.48 Å². The number of hydrogen-bond donors (Lipinski definition) is 0.